The van der Waals surface area contributed by atoms with E-state index in [2.05, 4.69) is 15.3 Å². The number of para-hydroxylation sites is 3. The van der Waals surface area contributed by atoms with E-state index >= 15 is 0 Å². The molecule has 9 heteroatoms. The molecule has 1 aliphatic heterocycles. The number of fused-ring (bicyclic) bond motifs is 1. The van der Waals surface area contributed by atoms with Gasteiger partial charge in [-0.25, -0.2) is 13.4 Å². The molecule has 1 aromatic heterocycles. The van der Waals surface area contributed by atoms with Crippen molar-refractivity contribution in [3.63, 3.8) is 0 Å². The molecular formula is C25H24N4O4S. The topological polar surface area (TPSA) is 104 Å². The van der Waals surface area contributed by atoms with Crippen molar-refractivity contribution in [2.24, 2.45) is 0 Å². The third-order valence-corrected chi connectivity index (χ3v) is 7.85. The first-order chi connectivity index (χ1) is 16.5. The van der Waals surface area contributed by atoms with E-state index in [9.17, 15) is 13.2 Å². The van der Waals surface area contributed by atoms with Crippen molar-refractivity contribution >= 4 is 32.7 Å². The Balaban J connectivity index is 1.48. The van der Waals surface area contributed by atoms with Crippen molar-refractivity contribution < 1.29 is 17.9 Å². The number of nitrogens with zero attached hydrogens (tertiary/aromatic N) is 2. The van der Waals surface area contributed by atoms with Gasteiger partial charge < -0.3 is 15.0 Å². The molecule has 1 fully saturated rings. The average molecular weight is 477 g/mol. The Morgan fingerprint density at radius 1 is 1.03 bits per heavy atom. The summed E-state index contributed by atoms with van der Waals surface area (Å²) in [6.07, 6.45) is 1.64. The van der Waals surface area contributed by atoms with Gasteiger partial charge in [0.15, 0.2) is 0 Å². The number of hydrogen-bond acceptors (Lipinski definition) is 5. The van der Waals surface area contributed by atoms with Crippen LogP contribution in [0.4, 0.5) is 5.69 Å². The normalized spacial score (nSPS) is 14.4. The lowest BCUT2D eigenvalue weighted by Gasteiger charge is -2.18. The summed E-state index contributed by atoms with van der Waals surface area (Å²) < 4.78 is 33.1. The first-order valence-electron chi connectivity index (χ1n) is 11.0. The zero-order chi connectivity index (χ0) is 23.7. The number of anilines is 1. The summed E-state index contributed by atoms with van der Waals surface area (Å²) in [4.78, 5) is 21.1. The number of rotatable bonds is 6. The second kappa shape index (κ2) is 8.92. The number of aromatic nitrogens is 2. The monoisotopic (exact) mass is 476 g/mol. The van der Waals surface area contributed by atoms with Gasteiger partial charge in [-0.2, -0.15) is 4.31 Å². The van der Waals surface area contributed by atoms with Gasteiger partial charge in [-0.05, 0) is 55.3 Å². The van der Waals surface area contributed by atoms with Gasteiger partial charge in [0.25, 0.3) is 5.91 Å². The Morgan fingerprint density at radius 3 is 2.53 bits per heavy atom. The summed E-state index contributed by atoms with van der Waals surface area (Å²) in [6.45, 7) is 0.930. The highest BCUT2D eigenvalue weighted by atomic mass is 32.2. The van der Waals surface area contributed by atoms with E-state index in [-0.39, 0.29) is 16.2 Å². The maximum absolute atomic E-state index is 13.2. The van der Waals surface area contributed by atoms with Gasteiger partial charge in [0.05, 0.1) is 23.8 Å². The van der Waals surface area contributed by atoms with Crippen LogP contribution in [0.1, 0.15) is 23.2 Å². The fourth-order valence-corrected chi connectivity index (χ4v) is 5.86. The number of H-pyrrole nitrogens is 1. The Bertz CT molecular complexity index is 1440. The Hall–Kier alpha value is -3.69. The van der Waals surface area contributed by atoms with Crippen LogP contribution in [0.25, 0.3) is 22.4 Å². The summed E-state index contributed by atoms with van der Waals surface area (Å²) in [6, 6.07) is 19.5. The molecule has 4 aromatic rings. The fraction of sp³-hybridized carbons (Fsp3) is 0.200. The fourth-order valence-electron chi connectivity index (χ4n) is 4.16. The lowest BCUT2D eigenvalue weighted by atomic mass is 10.1. The molecule has 0 bridgehead atoms. The highest BCUT2D eigenvalue weighted by Gasteiger charge is 2.30. The van der Waals surface area contributed by atoms with E-state index in [1.165, 1.54) is 23.5 Å². The van der Waals surface area contributed by atoms with Crippen LogP contribution in [0, 0.1) is 0 Å². The molecule has 174 valence electrons. The standard InChI is InChI=1S/C25H24N4O4S/c1-33-22-13-12-17(16-23(22)34(31,32)29-14-6-7-15-29)25(30)28-19-9-3-2-8-18(19)24-26-20-10-4-5-11-21(20)27-24/h2-5,8-13,16H,6-7,14-15H2,1H3,(H,26,27)(H,28,30). The molecule has 0 atom stereocenters. The third-order valence-electron chi connectivity index (χ3n) is 5.93. The Kier molecular flexibility index (Phi) is 5.80. The minimum atomic E-state index is -3.76. The summed E-state index contributed by atoms with van der Waals surface area (Å²) >= 11 is 0. The predicted molar refractivity (Wildman–Crippen MR) is 130 cm³/mol. The first-order valence-corrected chi connectivity index (χ1v) is 12.4. The van der Waals surface area contributed by atoms with Gasteiger partial charge in [-0.1, -0.05) is 24.3 Å². The zero-order valence-corrected chi connectivity index (χ0v) is 19.4. The van der Waals surface area contributed by atoms with Gasteiger partial charge in [0.1, 0.15) is 16.5 Å². The highest BCUT2D eigenvalue weighted by molar-refractivity contribution is 7.89. The van der Waals surface area contributed by atoms with Crippen molar-refractivity contribution in [1.29, 1.82) is 0 Å². The molecule has 34 heavy (non-hydrogen) atoms. The number of benzene rings is 3. The van der Waals surface area contributed by atoms with Crippen molar-refractivity contribution in [2.75, 3.05) is 25.5 Å². The van der Waals surface area contributed by atoms with E-state index in [0.29, 0.717) is 24.6 Å². The second-order valence-electron chi connectivity index (χ2n) is 8.08. The van der Waals surface area contributed by atoms with Gasteiger partial charge in [-0.15, -0.1) is 0 Å². The van der Waals surface area contributed by atoms with Gasteiger partial charge in [-0.3, -0.25) is 4.79 Å². The van der Waals surface area contributed by atoms with Crippen LogP contribution in [0.3, 0.4) is 0 Å². The summed E-state index contributed by atoms with van der Waals surface area (Å²) in [5.41, 5.74) is 3.23. The van der Waals surface area contributed by atoms with Gasteiger partial charge in [0, 0.05) is 24.2 Å². The molecule has 1 aliphatic rings. The first kappa shape index (κ1) is 22.1. The van der Waals surface area contributed by atoms with Crippen molar-refractivity contribution in [3.8, 4) is 17.1 Å². The molecule has 0 unspecified atom stereocenters. The minimum absolute atomic E-state index is 0.00452. The number of sulfonamides is 1. The van der Waals surface area contributed by atoms with Crippen LogP contribution in [-0.2, 0) is 10.0 Å². The molecule has 5 rings (SSSR count). The number of ether oxygens (including phenoxy) is 1. The molecule has 0 saturated carbocycles. The molecule has 3 aromatic carbocycles. The quantitative estimate of drug-likeness (QED) is 0.432. The van der Waals surface area contributed by atoms with Crippen LogP contribution in [0.5, 0.6) is 5.75 Å². The molecule has 0 radical (unpaired) electrons. The molecule has 8 nitrogen and oxygen atoms in total. The van der Waals surface area contributed by atoms with Crippen molar-refractivity contribution in [2.45, 2.75) is 17.7 Å². The zero-order valence-electron chi connectivity index (χ0n) is 18.6. The van der Waals surface area contributed by atoms with E-state index in [4.69, 9.17) is 4.74 Å². The number of aromatic amines is 1. The van der Waals surface area contributed by atoms with Crippen molar-refractivity contribution in [3.05, 3.63) is 72.3 Å². The van der Waals surface area contributed by atoms with E-state index in [1.54, 1.807) is 12.1 Å². The van der Waals surface area contributed by atoms with Crippen LogP contribution in [-0.4, -0.2) is 48.8 Å². The molecule has 1 amide bonds. The van der Waals surface area contributed by atoms with Crippen LogP contribution in [0.15, 0.2) is 71.6 Å². The molecule has 2 heterocycles. The smallest absolute Gasteiger partial charge is 0.255 e. The maximum Gasteiger partial charge on any atom is 0.255 e. The molecule has 0 spiro atoms. The summed E-state index contributed by atoms with van der Waals surface area (Å²) in [5, 5.41) is 2.91. The van der Waals surface area contributed by atoms with Crippen LogP contribution < -0.4 is 10.1 Å². The summed E-state index contributed by atoms with van der Waals surface area (Å²) in [5.74, 6) is 0.416. The van der Waals surface area contributed by atoms with Gasteiger partial charge in [0.2, 0.25) is 10.0 Å². The van der Waals surface area contributed by atoms with Gasteiger partial charge >= 0.3 is 0 Å². The number of carbonyl (C=O) groups excluding carboxylic acids is 1. The van der Waals surface area contributed by atoms with Crippen molar-refractivity contribution in [1.82, 2.24) is 14.3 Å². The van der Waals surface area contributed by atoms with E-state index < -0.39 is 15.9 Å². The van der Waals surface area contributed by atoms with E-state index in [0.717, 1.165) is 29.4 Å². The number of carbonyl (C=O) groups is 1. The second-order valence-corrected chi connectivity index (χ2v) is 9.99. The summed E-state index contributed by atoms with van der Waals surface area (Å²) in [7, 11) is -2.34. The predicted octanol–water partition coefficient (Wildman–Crippen LogP) is 4.28. The van der Waals surface area contributed by atoms with Crippen LogP contribution in [0.2, 0.25) is 0 Å². The Morgan fingerprint density at radius 2 is 1.76 bits per heavy atom. The Labute approximate surface area is 197 Å². The maximum atomic E-state index is 13.2. The number of nitrogens with one attached hydrogen (secondary N) is 2. The SMILES string of the molecule is COc1ccc(C(=O)Nc2ccccc2-c2nc3ccccc3[nH]2)cc1S(=O)(=O)N1CCCC1. The molecular weight excluding hydrogens is 452 g/mol. The number of amides is 1. The number of methoxy groups -OCH3 is 1. The largest absolute Gasteiger partial charge is 0.495 e. The number of hydrogen-bond donors (Lipinski definition) is 2. The number of imidazole rings is 1. The highest BCUT2D eigenvalue weighted by Crippen LogP contribution is 2.31. The van der Waals surface area contributed by atoms with Crippen LogP contribution >= 0.6 is 0 Å². The lowest BCUT2D eigenvalue weighted by molar-refractivity contribution is 0.102. The lowest BCUT2D eigenvalue weighted by Crippen LogP contribution is -2.28. The van der Waals surface area contributed by atoms with E-state index in [1.807, 2.05) is 42.5 Å². The minimum Gasteiger partial charge on any atom is -0.495 e. The third kappa shape index (κ3) is 4.04. The molecule has 0 aliphatic carbocycles. The molecule has 1 saturated heterocycles. The average Bonchev–Trinajstić information content (AvgIpc) is 3.54. The molecule has 2 N–H and O–H groups in total.